The predicted molar refractivity (Wildman–Crippen MR) is 75.2 cm³/mol. The van der Waals surface area contributed by atoms with Gasteiger partial charge in [-0.05, 0) is 37.3 Å². The molecule has 2 fully saturated rings. The van der Waals surface area contributed by atoms with E-state index >= 15 is 0 Å². The first-order valence-corrected chi connectivity index (χ1v) is 7.45. The number of hydrogen-bond acceptors (Lipinski definition) is 6. The van der Waals surface area contributed by atoms with E-state index in [1.807, 2.05) is 12.1 Å². The van der Waals surface area contributed by atoms with Crippen LogP contribution in [0.3, 0.4) is 0 Å². The van der Waals surface area contributed by atoms with Gasteiger partial charge in [0.25, 0.3) is 0 Å². The number of aromatic nitrogens is 3. The number of aliphatic hydroxyl groups excluding tert-OH is 1. The van der Waals surface area contributed by atoms with Gasteiger partial charge < -0.3 is 9.63 Å². The molecule has 0 aromatic carbocycles. The molecule has 1 aliphatic carbocycles. The van der Waals surface area contributed by atoms with E-state index in [-0.39, 0.29) is 12.1 Å². The van der Waals surface area contributed by atoms with Crippen molar-refractivity contribution in [3.8, 4) is 11.4 Å². The Bertz CT molecular complexity index is 611. The number of hydrogen-bond donors (Lipinski definition) is 1. The summed E-state index contributed by atoms with van der Waals surface area (Å²) in [6.07, 6.45) is 6.40. The quantitative estimate of drug-likeness (QED) is 0.921. The molecule has 6 nitrogen and oxygen atoms in total. The molecular formula is C15H18N4O2. The topological polar surface area (TPSA) is 75.3 Å². The fourth-order valence-corrected chi connectivity index (χ4v) is 2.95. The highest BCUT2D eigenvalue weighted by atomic mass is 16.5. The summed E-state index contributed by atoms with van der Waals surface area (Å²) in [7, 11) is 0. The molecular weight excluding hydrogens is 268 g/mol. The van der Waals surface area contributed by atoms with Crippen molar-refractivity contribution in [1.29, 1.82) is 0 Å². The second-order valence-corrected chi connectivity index (χ2v) is 6.00. The summed E-state index contributed by atoms with van der Waals surface area (Å²) in [6.45, 7) is 1.72. The maximum absolute atomic E-state index is 9.95. The second kappa shape index (κ2) is 5.20. The summed E-state index contributed by atoms with van der Waals surface area (Å²) in [6, 6.07) is 3.80. The molecule has 110 valence electrons. The van der Waals surface area contributed by atoms with Crippen molar-refractivity contribution in [2.45, 2.75) is 31.4 Å². The van der Waals surface area contributed by atoms with Crippen molar-refractivity contribution >= 4 is 0 Å². The summed E-state index contributed by atoms with van der Waals surface area (Å²) >= 11 is 0. The van der Waals surface area contributed by atoms with Crippen LogP contribution in [0.2, 0.25) is 0 Å². The van der Waals surface area contributed by atoms with Gasteiger partial charge in [0.15, 0.2) is 0 Å². The summed E-state index contributed by atoms with van der Waals surface area (Å²) in [5.41, 5.74) is 0.847. The Morgan fingerprint density at radius 1 is 1.38 bits per heavy atom. The standard InChI is InChI=1S/C15H18N4O2/c20-12-6-13(19(9-12)8-10-3-4-10)15-17-14(18-21-15)11-2-1-5-16-7-11/h1-2,5,7,10,12-13,20H,3-4,6,8-9H2. The molecule has 2 aliphatic rings. The molecule has 21 heavy (non-hydrogen) atoms. The zero-order valence-electron chi connectivity index (χ0n) is 11.7. The van der Waals surface area contributed by atoms with Gasteiger partial charge in [-0.3, -0.25) is 9.88 Å². The van der Waals surface area contributed by atoms with E-state index in [0.717, 1.165) is 18.0 Å². The van der Waals surface area contributed by atoms with Crippen LogP contribution in [-0.4, -0.2) is 44.3 Å². The summed E-state index contributed by atoms with van der Waals surface area (Å²) in [5.74, 6) is 1.94. The van der Waals surface area contributed by atoms with Gasteiger partial charge in [0.1, 0.15) is 0 Å². The molecule has 0 bridgehead atoms. The van der Waals surface area contributed by atoms with Crippen LogP contribution in [0.1, 0.15) is 31.2 Å². The van der Waals surface area contributed by atoms with Crippen molar-refractivity contribution < 1.29 is 9.63 Å². The maximum Gasteiger partial charge on any atom is 0.244 e. The molecule has 2 unspecified atom stereocenters. The molecule has 0 spiro atoms. The van der Waals surface area contributed by atoms with Crippen molar-refractivity contribution in [3.63, 3.8) is 0 Å². The first-order chi connectivity index (χ1) is 10.3. The smallest absolute Gasteiger partial charge is 0.244 e. The van der Waals surface area contributed by atoms with Crippen LogP contribution < -0.4 is 0 Å². The highest BCUT2D eigenvalue weighted by Crippen LogP contribution is 2.37. The molecule has 2 atom stereocenters. The van der Waals surface area contributed by atoms with Gasteiger partial charge in [0.05, 0.1) is 12.1 Å². The van der Waals surface area contributed by atoms with Crippen LogP contribution in [0.5, 0.6) is 0 Å². The number of rotatable bonds is 4. The third kappa shape index (κ3) is 2.69. The van der Waals surface area contributed by atoms with Gasteiger partial charge in [-0.2, -0.15) is 4.98 Å². The summed E-state index contributed by atoms with van der Waals surface area (Å²) in [4.78, 5) is 10.9. The minimum absolute atomic E-state index is 0.0403. The fraction of sp³-hybridized carbons (Fsp3) is 0.533. The first kappa shape index (κ1) is 12.9. The molecule has 1 saturated carbocycles. The molecule has 1 aliphatic heterocycles. The largest absolute Gasteiger partial charge is 0.392 e. The van der Waals surface area contributed by atoms with E-state index in [0.29, 0.717) is 24.7 Å². The van der Waals surface area contributed by atoms with Gasteiger partial charge in [-0.15, -0.1) is 0 Å². The maximum atomic E-state index is 9.95. The molecule has 2 aromatic rings. The SMILES string of the molecule is OC1CC(c2nc(-c3cccnc3)no2)N(CC2CC2)C1. The monoisotopic (exact) mass is 286 g/mol. The molecule has 0 radical (unpaired) electrons. The third-order valence-corrected chi connectivity index (χ3v) is 4.22. The van der Waals surface area contributed by atoms with Gasteiger partial charge in [0.2, 0.25) is 11.7 Å². The first-order valence-electron chi connectivity index (χ1n) is 7.45. The van der Waals surface area contributed by atoms with Crippen molar-refractivity contribution in [2.24, 2.45) is 5.92 Å². The molecule has 2 aromatic heterocycles. The highest BCUT2D eigenvalue weighted by molar-refractivity contribution is 5.51. The lowest BCUT2D eigenvalue weighted by Gasteiger charge is -2.20. The van der Waals surface area contributed by atoms with Crippen LogP contribution in [-0.2, 0) is 0 Å². The predicted octanol–water partition coefficient (Wildman–Crippen LogP) is 1.65. The highest BCUT2D eigenvalue weighted by Gasteiger charge is 2.38. The van der Waals surface area contributed by atoms with Gasteiger partial charge in [0, 0.05) is 31.0 Å². The lowest BCUT2D eigenvalue weighted by Crippen LogP contribution is -2.27. The number of pyridine rings is 1. The zero-order chi connectivity index (χ0) is 14.2. The van der Waals surface area contributed by atoms with Crippen LogP contribution >= 0.6 is 0 Å². The Hall–Kier alpha value is -1.79. The van der Waals surface area contributed by atoms with E-state index < -0.39 is 0 Å². The van der Waals surface area contributed by atoms with E-state index in [2.05, 4.69) is 20.0 Å². The third-order valence-electron chi connectivity index (χ3n) is 4.22. The number of β-amino-alcohol motifs (C(OH)–C–C–N with tert-alkyl or cyclic N) is 1. The number of aliphatic hydroxyl groups is 1. The van der Waals surface area contributed by atoms with Gasteiger partial charge >= 0.3 is 0 Å². The van der Waals surface area contributed by atoms with E-state index in [1.54, 1.807) is 12.4 Å². The Morgan fingerprint density at radius 3 is 3.05 bits per heavy atom. The van der Waals surface area contributed by atoms with Crippen molar-refractivity contribution in [2.75, 3.05) is 13.1 Å². The average Bonchev–Trinajstić information content (AvgIpc) is 3.05. The molecule has 6 heteroatoms. The Kier molecular flexibility index (Phi) is 3.20. The Balaban J connectivity index is 1.56. The zero-order valence-corrected chi connectivity index (χ0v) is 11.7. The summed E-state index contributed by atoms with van der Waals surface area (Å²) in [5, 5.41) is 14.0. The van der Waals surface area contributed by atoms with E-state index in [9.17, 15) is 5.11 Å². The minimum atomic E-state index is -0.303. The number of likely N-dealkylation sites (tertiary alicyclic amines) is 1. The van der Waals surface area contributed by atoms with Gasteiger partial charge in [-0.1, -0.05) is 5.16 Å². The molecule has 4 rings (SSSR count). The molecule has 1 N–H and O–H groups in total. The summed E-state index contributed by atoms with van der Waals surface area (Å²) < 4.78 is 5.44. The fourth-order valence-electron chi connectivity index (χ4n) is 2.95. The second-order valence-electron chi connectivity index (χ2n) is 6.00. The van der Waals surface area contributed by atoms with Crippen molar-refractivity contribution in [1.82, 2.24) is 20.0 Å². The Labute approximate surface area is 122 Å². The van der Waals surface area contributed by atoms with Crippen LogP contribution in [0.15, 0.2) is 29.0 Å². The van der Waals surface area contributed by atoms with Gasteiger partial charge in [-0.25, -0.2) is 0 Å². The van der Waals surface area contributed by atoms with E-state index in [4.69, 9.17) is 4.52 Å². The molecule has 3 heterocycles. The van der Waals surface area contributed by atoms with Crippen LogP contribution in [0.4, 0.5) is 0 Å². The molecule has 1 saturated heterocycles. The lowest BCUT2D eigenvalue weighted by molar-refractivity contribution is 0.170. The van der Waals surface area contributed by atoms with Crippen molar-refractivity contribution in [3.05, 3.63) is 30.4 Å². The number of nitrogens with zero attached hydrogens (tertiary/aromatic N) is 4. The van der Waals surface area contributed by atoms with Crippen LogP contribution in [0, 0.1) is 5.92 Å². The Morgan fingerprint density at radius 2 is 2.29 bits per heavy atom. The van der Waals surface area contributed by atoms with Crippen LogP contribution in [0.25, 0.3) is 11.4 Å². The van der Waals surface area contributed by atoms with E-state index in [1.165, 1.54) is 12.8 Å². The minimum Gasteiger partial charge on any atom is -0.392 e. The lowest BCUT2D eigenvalue weighted by atomic mass is 10.2. The average molecular weight is 286 g/mol. The normalized spacial score (nSPS) is 26.3. The molecule has 0 amide bonds.